The summed E-state index contributed by atoms with van der Waals surface area (Å²) in [5, 5.41) is 6.04. The van der Waals surface area contributed by atoms with E-state index in [4.69, 9.17) is 0 Å². The SMILES string of the molecule is O=C(NC1CCCC1)N[C@H]1CCN(C(=O)C2CC2)C1. The molecule has 2 N–H and O–H groups in total. The molecule has 0 unspecified atom stereocenters. The third-order valence-electron chi connectivity index (χ3n) is 4.45. The monoisotopic (exact) mass is 265 g/mol. The fourth-order valence-corrected chi connectivity index (χ4v) is 3.15. The molecule has 1 saturated heterocycles. The molecule has 5 heteroatoms. The molecule has 0 aromatic carbocycles. The Bertz CT molecular complexity index is 362. The maximum absolute atomic E-state index is 11.9. The van der Waals surface area contributed by atoms with Crippen LogP contribution in [0.25, 0.3) is 0 Å². The molecule has 3 rings (SSSR count). The Balaban J connectivity index is 1.40. The van der Waals surface area contributed by atoms with Crippen molar-refractivity contribution in [2.45, 2.75) is 57.0 Å². The minimum atomic E-state index is -0.0578. The van der Waals surface area contributed by atoms with Crippen LogP contribution in [0, 0.1) is 5.92 Å². The number of rotatable bonds is 3. The van der Waals surface area contributed by atoms with E-state index in [1.165, 1.54) is 12.8 Å². The van der Waals surface area contributed by atoms with Crippen LogP contribution in [-0.2, 0) is 4.79 Å². The second kappa shape index (κ2) is 5.39. The van der Waals surface area contributed by atoms with E-state index in [1.54, 1.807) is 0 Å². The smallest absolute Gasteiger partial charge is 0.315 e. The van der Waals surface area contributed by atoms with E-state index < -0.39 is 0 Å². The first-order valence-electron chi connectivity index (χ1n) is 7.58. The molecule has 2 saturated carbocycles. The Kier molecular flexibility index (Phi) is 3.62. The predicted octanol–water partition coefficient (Wildman–Crippen LogP) is 1.24. The van der Waals surface area contributed by atoms with Gasteiger partial charge < -0.3 is 15.5 Å². The van der Waals surface area contributed by atoms with Gasteiger partial charge in [-0.2, -0.15) is 0 Å². The molecule has 0 aromatic rings. The van der Waals surface area contributed by atoms with Gasteiger partial charge in [-0.05, 0) is 32.1 Å². The highest BCUT2D eigenvalue weighted by Gasteiger charge is 2.36. The van der Waals surface area contributed by atoms with Crippen molar-refractivity contribution in [3.63, 3.8) is 0 Å². The van der Waals surface area contributed by atoms with Crippen LogP contribution in [0.15, 0.2) is 0 Å². The zero-order valence-electron chi connectivity index (χ0n) is 11.4. The summed E-state index contributed by atoms with van der Waals surface area (Å²) in [5.74, 6) is 0.576. The fourth-order valence-electron chi connectivity index (χ4n) is 3.15. The van der Waals surface area contributed by atoms with Crippen LogP contribution in [0.1, 0.15) is 44.9 Å². The van der Waals surface area contributed by atoms with E-state index in [-0.39, 0.29) is 18.0 Å². The minimum Gasteiger partial charge on any atom is -0.340 e. The Labute approximate surface area is 114 Å². The summed E-state index contributed by atoms with van der Waals surface area (Å²) in [4.78, 5) is 25.7. The van der Waals surface area contributed by atoms with Gasteiger partial charge in [0.25, 0.3) is 0 Å². The summed E-state index contributed by atoms with van der Waals surface area (Å²) < 4.78 is 0. The van der Waals surface area contributed by atoms with Gasteiger partial charge in [0.15, 0.2) is 0 Å². The average molecular weight is 265 g/mol. The molecule has 0 spiro atoms. The molecule has 3 aliphatic rings. The molecule has 3 fully saturated rings. The molecule has 3 amide bonds. The number of carbonyl (C=O) groups excluding carboxylic acids is 2. The molecule has 0 aromatic heterocycles. The van der Waals surface area contributed by atoms with Crippen molar-refractivity contribution < 1.29 is 9.59 Å². The molecule has 1 atom stereocenters. The number of nitrogens with one attached hydrogen (secondary N) is 2. The van der Waals surface area contributed by atoms with Crippen molar-refractivity contribution in [3.05, 3.63) is 0 Å². The Morgan fingerprint density at radius 2 is 1.58 bits per heavy atom. The molecular weight excluding hydrogens is 242 g/mol. The number of nitrogens with zero attached hydrogens (tertiary/aromatic N) is 1. The molecule has 0 bridgehead atoms. The standard InChI is InChI=1S/C14H23N3O2/c18-13(10-5-6-10)17-8-7-12(9-17)16-14(19)15-11-3-1-2-4-11/h10-12H,1-9H2,(H2,15,16,19)/t12-/m0/s1. The quantitative estimate of drug-likeness (QED) is 0.806. The Morgan fingerprint density at radius 1 is 0.895 bits per heavy atom. The molecule has 1 heterocycles. The molecule has 19 heavy (non-hydrogen) atoms. The van der Waals surface area contributed by atoms with E-state index in [2.05, 4.69) is 10.6 Å². The molecule has 0 radical (unpaired) electrons. The number of urea groups is 1. The van der Waals surface area contributed by atoms with Crippen molar-refractivity contribution in [1.82, 2.24) is 15.5 Å². The van der Waals surface area contributed by atoms with Crippen LogP contribution in [0.4, 0.5) is 4.79 Å². The third kappa shape index (κ3) is 3.19. The van der Waals surface area contributed by atoms with Crippen LogP contribution in [-0.4, -0.2) is 42.0 Å². The number of likely N-dealkylation sites (tertiary alicyclic amines) is 1. The summed E-state index contributed by atoms with van der Waals surface area (Å²) in [5.41, 5.74) is 0. The van der Waals surface area contributed by atoms with E-state index in [0.717, 1.165) is 38.6 Å². The number of hydrogen-bond acceptors (Lipinski definition) is 2. The maximum Gasteiger partial charge on any atom is 0.315 e. The summed E-state index contributed by atoms with van der Waals surface area (Å²) in [6.45, 7) is 1.48. The number of hydrogen-bond donors (Lipinski definition) is 2. The van der Waals surface area contributed by atoms with Gasteiger partial charge in [-0.3, -0.25) is 4.79 Å². The zero-order valence-corrected chi connectivity index (χ0v) is 11.4. The second-order valence-corrected chi connectivity index (χ2v) is 6.14. The van der Waals surface area contributed by atoms with Crippen LogP contribution in [0.5, 0.6) is 0 Å². The topological polar surface area (TPSA) is 61.4 Å². The highest BCUT2D eigenvalue weighted by molar-refractivity contribution is 5.81. The molecule has 2 aliphatic carbocycles. The molecular formula is C14H23N3O2. The lowest BCUT2D eigenvalue weighted by Gasteiger charge is -2.18. The summed E-state index contributed by atoms with van der Waals surface area (Å²) in [6, 6.07) is 0.423. The summed E-state index contributed by atoms with van der Waals surface area (Å²) in [6.07, 6.45) is 7.63. The lowest BCUT2D eigenvalue weighted by molar-refractivity contribution is -0.131. The van der Waals surface area contributed by atoms with E-state index >= 15 is 0 Å². The van der Waals surface area contributed by atoms with Gasteiger partial charge in [0.2, 0.25) is 5.91 Å². The van der Waals surface area contributed by atoms with Crippen LogP contribution >= 0.6 is 0 Å². The van der Waals surface area contributed by atoms with E-state index in [1.807, 2.05) is 4.90 Å². The fraction of sp³-hybridized carbons (Fsp3) is 0.857. The van der Waals surface area contributed by atoms with Crippen molar-refractivity contribution in [2.24, 2.45) is 5.92 Å². The maximum atomic E-state index is 11.9. The van der Waals surface area contributed by atoms with Gasteiger partial charge in [-0.25, -0.2) is 4.79 Å². The van der Waals surface area contributed by atoms with Crippen LogP contribution in [0.3, 0.4) is 0 Å². The van der Waals surface area contributed by atoms with Crippen molar-refractivity contribution in [3.8, 4) is 0 Å². The lowest BCUT2D eigenvalue weighted by Crippen LogP contribution is -2.46. The first-order valence-corrected chi connectivity index (χ1v) is 7.58. The lowest BCUT2D eigenvalue weighted by atomic mass is 10.2. The average Bonchev–Trinajstić information content (AvgIpc) is 2.92. The Hall–Kier alpha value is -1.26. The molecule has 5 nitrogen and oxygen atoms in total. The predicted molar refractivity (Wildman–Crippen MR) is 71.6 cm³/mol. The van der Waals surface area contributed by atoms with E-state index in [9.17, 15) is 9.59 Å². The highest BCUT2D eigenvalue weighted by atomic mass is 16.2. The van der Waals surface area contributed by atoms with Crippen LogP contribution < -0.4 is 10.6 Å². The largest absolute Gasteiger partial charge is 0.340 e. The van der Waals surface area contributed by atoms with Gasteiger partial charge >= 0.3 is 6.03 Å². The number of amides is 3. The first-order chi connectivity index (χ1) is 9.22. The highest BCUT2D eigenvalue weighted by Crippen LogP contribution is 2.32. The second-order valence-electron chi connectivity index (χ2n) is 6.14. The van der Waals surface area contributed by atoms with Crippen molar-refractivity contribution >= 4 is 11.9 Å². The summed E-state index contributed by atoms with van der Waals surface area (Å²) in [7, 11) is 0. The molecule has 106 valence electrons. The van der Waals surface area contributed by atoms with Gasteiger partial charge in [0.1, 0.15) is 0 Å². The molecule has 1 aliphatic heterocycles. The zero-order chi connectivity index (χ0) is 13.2. The number of carbonyl (C=O) groups is 2. The third-order valence-corrected chi connectivity index (χ3v) is 4.45. The van der Waals surface area contributed by atoms with Gasteiger partial charge in [0.05, 0.1) is 0 Å². The van der Waals surface area contributed by atoms with Gasteiger partial charge in [-0.1, -0.05) is 12.8 Å². The van der Waals surface area contributed by atoms with Crippen LogP contribution in [0.2, 0.25) is 0 Å². The summed E-state index contributed by atoms with van der Waals surface area (Å²) >= 11 is 0. The van der Waals surface area contributed by atoms with Crippen molar-refractivity contribution in [1.29, 1.82) is 0 Å². The normalized spacial score (nSPS) is 27.6. The van der Waals surface area contributed by atoms with E-state index in [0.29, 0.717) is 18.5 Å². The van der Waals surface area contributed by atoms with Gasteiger partial charge in [0, 0.05) is 31.1 Å². The minimum absolute atomic E-state index is 0.0578. The van der Waals surface area contributed by atoms with Crippen molar-refractivity contribution in [2.75, 3.05) is 13.1 Å². The Morgan fingerprint density at radius 3 is 2.26 bits per heavy atom. The first kappa shape index (κ1) is 12.8. The van der Waals surface area contributed by atoms with Gasteiger partial charge in [-0.15, -0.1) is 0 Å².